The van der Waals surface area contributed by atoms with Crippen LogP contribution in [0.5, 0.6) is 0 Å². The van der Waals surface area contributed by atoms with Crippen molar-refractivity contribution in [1.82, 2.24) is 4.90 Å². The van der Waals surface area contributed by atoms with Crippen molar-refractivity contribution in [2.45, 2.75) is 290 Å². The van der Waals surface area contributed by atoms with Gasteiger partial charge in [0.2, 0.25) is 0 Å². The number of unbranched alkanes of at least 4 members (excludes halogenated alkanes) is 31. The number of allylic oxidation sites excluding steroid dienone is 2. The molecule has 0 aromatic carbocycles. The number of rotatable bonds is 49. The Morgan fingerprint density at radius 1 is 0.492 bits per heavy atom. The summed E-state index contributed by atoms with van der Waals surface area (Å²) >= 11 is 0. The van der Waals surface area contributed by atoms with Crippen LogP contribution in [0.4, 0.5) is 0 Å². The normalized spacial score (nSPS) is 14.8. The van der Waals surface area contributed by atoms with Crippen molar-refractivity contribution in [3.05, 3.63) is 24.3 Å². The molecule has 0 bridgehead atoms. The molecule has 0 saturated heterocycles. The van der Waals surface area contributed by atoms with Gasteiger partial charge in [-0.15, -0.1) is 0 Å². The van der Waals surface area contributed by atoms with Crippen molar-refractivity contribution in [2.75, 3.05) is 39.4 Å². The number of carbonyl (C=O) groups excluding carboxylic acids is 2. The molecule has 2 amide bonds. The second-order valence-electron chi connectivity index (χ2n) is 20.1. The minimum atomic E-state index is -1.31. The Balaban J connectivity index is 6.33. The Kier molecular flexibility index (Phi) is 43.8. The third kappa shape index (κ3) is 31.2. The summed E-state index contributed by atoms with van der Waals surface area (Å²) in [5.41, 5.74) is -1.31. The monoisotopic (exact) mass is 920 g/mol. The van der Waals surface area contributed by atoms with Crippen LogP contribution in [-0.4, -0.2) is 98.8 Å². The summed E-state index contributed by atoms with van der Waals surface area (Å²) in [5.74, 6) is -0.342. The van der Waals surface area contributed by atoms with E-state index < -0.39 is 31.0 Å². The number of carbonyl (C=O) groups is 2. The van der Waals surface area contributed by atoms with E-state index in [2.05, 4.69) is 45.9 Å². The number of hydrogen-bond acceptors (Lipinski definition) is 6. The van der Waals surface area contributed by atoms with Gasteiger partial charge in [-0.05, 0) is 38.5 Å². The number of quaternary nitrogens is 1. The van der Waals surface area contributed by atoms with Gasteiger partial charge in [0, 0.05) is 26.4 Å². The third-order valence-corrected chi connectivity index (χ3v) is 14.1. The number of amides is 2. The van der Waals surface area contributed by atoms with Gasteiger partial charge in [0.15, 0.2) is 5.54 Å². The Morgan fingerprint density at radius 2 is 0.877 bits per heavy atom. The van der Waals surface area contributed by atoms with E-state index in [0.29, 0.717) is 19.5 Å². The molecule has 0 fully saturated rings. The molecule has 4 unspecified atom stereocenters. The fourth-order valence-electron chi connectivity index (χ4n) is 9.65. The number of nitrogens with zero attached hydrogens (tertiary/aromatic N) is 2. The van der Waals surface area contributed by atoms with Crippen molar-refractivity contribution in [3.63, 3.8) is 0 Å². The van der Waals surface area contributed by atoms with Gasteiger partial charge in [-0.2, -0.15) is 0 Å². The van der Waals surface area contributed by atoms with Crippen LogP contribution in [0, 0.1) is 0 Å². The molecule has 0 aliphatic carbocycles. The lowest BCUT2D eigenvalue weighted by Gasteiger charge is -2.50. The maximum absolute atomic E-state index is 15.5. The average Bonchev–Trinajstić information content (AvgIpc) is 3.31. The Bertz CT molecular complexity index is 1130. The van der Waals surface area contributed by atoms with Crippen LogP contribution in [0.25, 0.3) is 0 Å². The first-order chi connectivity index (χ1) is 31.6. The molecule has 65 heavy (non-hydrogen) atoms. The first kappa shape index (κ1) is 63.4. The molecule has 0 aliphatic rings. The van der Waals surface area contributed by atoms with Crippen molar-refractivity contribution >= 4 is 11.8 Å². The molecule has 0 aromatic rings. The average molecular weight is 921 g/mol. The van der Waals surface area contributed by atoms with E-state index in [9.17, 15) is 20.4 Å². The molecule has 0 saturated carbocycles. The lowest BCUT2D eigenvalue weighted by molar-refractivity contribution is -0.898. The predicted octanol–water partition coefficient (Wildman–Crippen LogP) is 14.2. The molecule has 8 heteroatoms. The highest BCUT2D eigenvalue weighted by atomic mass is 16.3. The summed E-state index contributed by atoms with van der Waals surface area (Å²) in [6.45, 7) is 10.6. The van der Waals surface area contributed by atoms with Crippen molar-refractivity contribution < 1.29 is 34.5 Å². The highest BCUT2D eigenvalue weighted by Gasteiger charge is 2.58. The van der Waals surface area contributed by atoms with Crippen LogP contribution in [0.2, 0.25) is 0 Å². The topological polar surface area (TPSA) is 118 Å². The van der Waals surface area contributed by atoms with Crippen LogP contribution in [0.3, 0.4) is 0 Å². The lowest BCUT2D eigenvalue weighted by Crippen LogP contribution is -2.73. The summed E-state index contributed by atoms with van der Waals surface area (Å²) in [6.07, 6.45) is 47.7. The molecule has 8 nitrogen and oxygen atoms in total. The maximum atomic E-state index is 15.5. The van der Waals surface area contributed by atoms with E-state index in [0.717, 1.165) is 89.9 Å². The summed E-state index contributed by atoms with van der Waals surface area (Å²) in [5, 5.41) is 42.6. The summed E-state index contributed by atoms with van der Waals surface area (Å²) in [4.78, 5) is 32.3. The van der Waals surface area contributed by atoms with Gasteiger partial charge in [-0.1, -0.05) is 238 Å². The fourth-order valence-corrected chi connectivity index (χ4v) is 9.65. The first-order valence-corrected chi connectivity index (χ1v) is 28.2. The van der Waals surface area contributed by atoms with E-state index in [-0.39, 0.29) is 35.8 Å². The minimum absolute atomic E-state index is 0.0178. The van der Waals surface area contributed by atoms with Crippen molar-refractivity contribution in [2.24, 2.45) is 0 Å². The smallest absolute Gasteiger partial charge is 0.318 e. The molecule has 0 rings (SSSR count). The second-order valence-corrected chi connectivity index (χ2v) is 20.1. The van der Waals surface area contributed by atoms with Gasteiger partial charge in [0.1, 0.15) is 12.6 Å². The van der Waals surface area contributed by atoms with Crippen LogP contribution < -0.4 is 0 Å². The molecular weight excluding hydrogens is 809 g/mol. The van der Waals surface area contributed by atoms with Crippen molar-refractivity contribution in [3.8, 4) is 0 Å². The zero-order valence-electron chi connectivity index (χ0n) is 43.9. The Morgan fingerprint density at radius 3 is 1.32 bits per heavy atom. The second kappa shape index (κ2) is 44.9. The minimum Gasteiger partial charge on any atom is -0.394 e. The maximum Gasteiger partial charge on any atom is 0.318 e. The highest BCUT2D eigenvalue weighted by Crippen LogP contribution is 2.36. The highest BCUT2D eigenvalue weighted by molar-refractivity contribution is 5.88. The summed E-state index contributed by atoms with van der Waals surface area (Å²) in [6, 6.07) is 0. The van der Waals surface area contributed by atoms with E-state index >= 15 is 9.59 Å². The van der Waals surface area contributed by atoms with Gasteiger partial charge in [0.25, 0.3) is 5.91 Å². The predicted molar refractivity (Wildman–Crippen MR) is 278 cm³/mol. The molecule has 0 spiro atoms. The molecule has 4 atom stereocenters. The van der Waals surface area contributed by atoms with Gasteiger partial charge in [0.05, 0.1) is 32.3 Å². The number of hydrogen-bond donors (Lipinski definition) is 4. The van der Waals surface area contributed by atoms with E-state index in [1.165, 1.54) is 135 Å². The molecular formula is C57H111N2O6+. The third-order valence-electron chi connectivity index (χ3n) is 14.1. The van der Waals surface area contributed by atoms with Crippen molar-refractivity contribution in [1.29, 1.82) is 0 Å². The first-order valence-electron chi connectivity index (χ1n) is 28.2. The Hall–Kier alpha value is -1.58. The van der Waals surface area contributed by atoms with Gasteiger partial charge in [-0.3, -0.25) is 4.79 Å². The van der Waals surface area contributed by atoms with Crippen LogP contribution in [0.1, 0.15) is 272 Å². The van der Waals surface area contributed by atoms with Gasteiger partial charge in [-0.25, -0.2) is 9.28 Å². The number of aliphatic hydroxyl groups excluding tert-OH is 4. The van der Waals surface area contributed by atoms with Crippen LogP contribution in [-0.2, 0) is 9.59 Å². The quantitative estimate of drug-likeness (QED) is 0.0274. The van der Waals surface area contributed by atoms with Gasteiger partial charge < -0.3 is 25.3 Å². The molecule has 0 radical (unpaired) electrons. The summed E-state index contributed by atoms with van der Waals surface area (Å²) < 4.78 is -0.256. The molecule has 0 aliphatic heterocycles. The fraction of sp³-hybridized carbons (Fsp3) is 0.895. The van der Waals surface area contributed by atoms with E-state index in [4.69, 9.17) is 0 Å². The molecule has 0 heterocycles. The van der Waals surface area contributed by atoms with E-state index in [1.807, 2.05) is 13.0 Å². The molecule has 4 N–H and O–H groups in total. The van der Waals surface area contributed by atoms with E-state index in [1.54, 1.807) is 4.90 Å². The number of aliphatic hydroxyl groups is 4. The standard InChI is InChI=1S/C57H111N2O6/c1-6-10-14-18-21-23-25-27-29-31-33-35-39-43-47-58(49-53(62)51-60)56(65)57(5,46-42-38-20-16-12-8-3)59(50-54(63)52-61,55(64)45-41-37-17-13-9-4)48-44-40-36-34-32-30-28-26-24-22-19-15-11-7-2/h37-38,41-42,53-54,60-63H,6-36,39-40,43-52H2,1-5H3/q+1. The van der Waals surface area contributed by atoms with Crippen LogP contribution in [0.15, 0.2) is 24.3 Å². The SMILES string of the molecule is CCCCC=CCC(=O)[N+](CCCCCCCCCCCCCCCC)(CC(O)CO)C(C)(CC=CCCCCC)C(=O)N(CCCCCCCCCCCCCCCC)CC(O)CO. The largest absolute Gasteiger partial charge is 0.394 e. The Labute approximate surface area is 403 Å². The lowest BCUT2D eigenvalue weighted by atomic mass is 9.86. The zero-order chi connectivity index (χ0) is 48.1. The summed E-state index contributed by atoms with van der Waals surface area (Å²) in [7, 11) is 0. The molecule has 0 aromatic heterocycles. The van der Waals surface area contributed by atoms with Gasteiger partial charge >= 0.3 is 5.91 Å². The van der Waals surface area contributed by atoms with Crippen LogP contribution >= 0.6 is 0 Å². The zero-order valence-corrected chi connectivity index (χ0v) is 43.9. The molecule has 384 valence electrons.